The highest BCUT2D eigenvalue weighted by Gasteiger charge is 2.13. The summed E-state index contributed by atoms with van der Waals surface area (Å²) in [6.07, 6.45) is 0.773. The number of rotatable bonds is 4. The van der Waals surface area contributed by atoms with Gasteiger partial charge in [-0.15, -0.1) is 0 Å². The Bertz CT molecular complexity index is 321. The van der Waals surface area contributed by atoms with Crippen LogP contribution in [0.1, 0.15) is 18.9 Å². The van der Waals surface area contributed by atoms with Crippen molar-refractivity contribution in [2.24, 2.45) is 0 Å². The molecule has 1 N–H and O–H groups in total. The third-order valence-corrected chi connectivity index (χ3v) is 3.32. The quantitative estimate of drug-likeness (QED) is 0.527. The number of carbonyl (C=O) groups is 1. The number of phenolic OH excluding ortho intramolecular Hbond substituents is 1. The molecule has 1 aromatic carbocycles. The topological polar surface area (TPSA) is 46.5 Å². The van der Waals surface area contributed by atoms with E-state index in [1.807, 2.05) is 6.92 Å². The van der Waals surface area contributed by atoms with Gasteiger partial charge in [0.25, 0.3) is 0 Å². The highest BCUT2D eigenvalue weighted by atomic mass is 127. The number of carbonyl (C=O) groups excluding carboxylic acids is 1. The van der Waals surface area contributed by atoms with E-state index in [4.69, 9.17) is 9.84 Å². The molecule has 0 saturated heterocycles. The lowest BCUT2D eigenvalue weighted by Gasteiger charge is -2.07. The minimum absolute atomic E-state index is 0.0836. The van der Waals surface area contributed by atoms with Gasteiger partial charge in [-0.1, -0.05) is 41.6 Å². The predicted molar refractivity (Wildman–Crippen MR) is 66.0 cm³/mol. The Morgan fingerprint density at radius 1 is 1.47 bits per heavy atom. The van der Waals surface area contributed by atoms with Crippen LogP contribution in [0.3, 0.4) is 0 Å². The van der Waals surface area contributed by atoms with Crippen molar-refractivity contribution >= 4 is 28.6 Å². The molecule has 0 saturated carbocycles. The van der Waals surface area contributed by atoms with Crippen molar-refractivity contribution in [1.29, 1.82) is 0 Å². The molecule has 15 heavy (non-hydrogen) atoms. The largest absolute Gasteiger partial charge is 0.508 e. The fourth-order valence-electron chi connectivity index (χ4n) is 1.00. The third kappa shape index (κ3) is 4.07. The lowest BCUT2D eigenvalue weighted by atomic mass is 10.2. The van der Waals surface area contributed by atoms with Crippen LogP contribution in [0.2, 0.25) is 0 Å². The normalized spacial score (nSPS) is 12.1. The molecule has 0 spiro atoms. The van der Waals surface area contributed by atoms with Crippen LogP contribution >= 0.6 is 22.6 Å². The Labute approximate surface area is 103 Å². The molecule has 1 atom stereocenters. The van der Waals surface area contributed by atoms with Crippen LogP contribution in [0.25, 0.3) is 0 Å². The molecule has 3 nitrogen and oxygen atoms in total. The van der Waals surface area contributed by atoms with Gasteiger partial charge in [-0.05, 0) is 24.1 Å². The van der Waals surface area contributed by atoms with Gasteiger partial charge in [0.15, 0.2) is 0 Å². The van der Waals surface area contributed by atoms with Crippen LogP contribution in [0, 0.1) is 0 Å². The predicted octanol–water partition coefficient (Wildman–Crippen LogP) is 2.65. The summed E-state index contributed by atoms with van der Waals surface area (Å²) in [5.74, 6) is 0.0246. The summed E-state index contributed by atoms with van der Waals surface area (Å²) in [6.45, 7) is 2.21. The number of phenols is 1. The van der Waals surface area contributed by atoms with Crippen molar-refractivity contribution < 1.29 is 14.6 Å². The summed E-state index contributed by atoms with van der Waals surface area (Å²) >= 11 is 2.07. The Morgan fingerprint density at radius 3 is 2.60 bits per heavy atom. The van der Waals surface area contributed by atoms with Gasteiger partial charge in [0.2, 0.25) is 0 Å². The maximum atomic E-state index is 11.3. The van der Waals surface area contributed by atoms with Crippen LogP contribution in [0.5, 0.6) is 5.75 Å². The molecular weight excluding hydrogens is 307 g/mol. The molecule has 4 heteroatoms. The first-order valence-electron chi connectivity index (χ1n) is 4.72. The number of hydrogen-bond donors (Lipinski definition) is 1. The summed E-state index contributed by atoms with van der Waals surface area (Å²) < 4.78 is 5.01. The standard InChI is InChI=1S/C11H13IO3/c1-2-10(12)11(14)15-7-8-3-5-9(13)6-4-8/h3-6,10,13H,2,7H2,1H3. The van der Waals surface area contributed by atoms with E-state index in [9.17, 15) is 4.79 Å². The van der Waals surface area contributed by atoms with Crippen molar-refractivity contribution in [2.75, 3.05) is 0 Å². The Kier molecular flexibility index (Phi) is 4.87. The van der Waals surface area contributed by atoms with Crippen LogP contribution in [-0.2, 0) is 16.1 Å². The van der Waals surface area contributed by atoms with E-state index in [1.165, 1.54) is 0 Å². The second-order valence-electron chi connectivity index (χ2n) is 3.15. The van der Waals surface area contributed by atoms with Crippen molar-refractivity contribution in [2.45, 2.75) is 23.9 Å². The number of ether oxygens (including phenoxy) is 1. The van der Waals surface area contributed by atoms with Gasteiger partial charge in [0.1, 0.15) is 16.3 Å². The zero-order chi connectivity index (χ0) is 11.3. The fraction of sp³-hybridized carbons (Fsp3) is 0.364. The summed E-state index contributed by atoms with van der Waals surface area (Å²) in [4.78, 5) is 11.3. The Morgan fingerprint density at radius 2 is 2.07 bits per heavy atom. The summed E-state index contributed by atoms with van der Waals surface area (Å²) in [6, 6.07) is 6.61. The van der Waals surface area contributed by atoms with E-state index in [-0.39, 0.29) is 22.3 Å². The summed E-state index contributed by atoms with van der Waals surface area (Å²) in [7, 11) is 0. The van der Waals surface area contributed by atoms with E-state index in [1.54, 1.807) is 24.3 Å². The molecule has 0 bridgehead atoms. The maximum Gasteiger partial charge on any atom is 0.319 e. The number of benzene rings is 1. The molecule has 82 valence electrons. The number of hydrogen-bond acceptors (Lipinski definition) is 3. The van der Waals surface area contributed by atoms with Gasteiger partial charge >= 0.3 is 5.97 Å². The van der Waals surface area contributed by atoms with E-state index < -0.39 is 0 Å². The number of aromatic hydroxyl groups is 1. The lowest BCUT2D eigenvalue weighted by Crippen LogP contribution is -2.16. The second-order valence-corrected chi connectivity index (χ2v) is 4.65. The molecular formula is C11H13IO3. The first kappa shape index (κ1) is 12.3. The minimum Gasteiger partial charge on any atom is -0.508 e. The van der Waals surface area contributed by atoms with E-state index >= 15 is 0 Å². The van der Waals surface area contributed by atoms with Gasteiger partial charge in [-0.3, -0.25) is 4.79 Å². The summed E-state index contributed by atoms with van der Waals surface area (Å²) in [5.41, 5.74) is 0.876. The van der Waals surface area contributed by atoms with E-state index in [0.29, 0.717) is 0 Å². The molecule has 0 radical (unpaired) electrons. The van der Waals surface area contributed by atoms with Crippen molar-refractivity contribution in [3.8, 4) is 5.75 Å². The average molecular weight is 320 g/mol. The van der Waals surface area contributed by atoms with Crippen molar-refractivity contribution in [1.82, 2.24) is 0 Å². The number of esters is 1. The van der Waals surface area contributed by atoms with Crippen LogP contribution in [0.4, 0.5) is 0 Å². The molecule has 0 aliphatic carbocycles. The SMILES string of the molecule is CCC(I)C(=O)OCc1ccc(O)cc1. The molecule has 0 aliphatic heterocycles. The first-order chi connectivity index (χ1) is 7.13. The minimum atomic E-state index is -0.189. The molecule has 0 amide bonds. The zero-order valence-electron chi connectivity index (χ0n) is 8.44. The van der Waals surface area contributed by atoms with Gasteiger partial charge in [-0.2, -0.15) is 0 Å². The monoisotopic (exact) mass is 320 g/mol. The molecule has 1 aromatic rings. The highest BCUT2D eigenvalue weighted by Crippen LogP contribution is 2.12. The average Bonchev–Trinajstić information content (AvgIpc) is 2.26. The van der Waals surface area contributed by atoms with Crippen molar-refractivity contribution in [3.63, 3.8) is 0 Å². The molecule has 0 aliphatic rings. The highest BCUT2D eigenvalue weighted by molar-refractivity contribution is 14.1. The van der Waals surface area contributed by atoms with Crippen LogP contribution < -0.4 is 0 Å². The van der Waals surface area contributed by atoms with Crippen LogP contribution in [-0.4, -0.2) is 15.0 Å². The summed E-state index contributed by atoms with van der Waals surface area (Å²) in [5, 5.41) is 9.05. The van der Waals surface area contributed by atoms with Gasteiger partial charge in [-0.25, -0.2) is 0 Å². The van der Waals surface area contributed by atoms with Gasteiger partial charge < -0.3 is 9.84 Å². The maximum absolute atomic E-state index is 11.3. The Balaban J connectivity index is 2.43. The number of halogens is 1. The van der Waals surface area contributed by atoms with Gasteiger partial charge in [0.05, 0.1) is 0 Å². The zero-order valence-corrected chi connectivity index (χ0v) is 10.6. The number of alkyl halides is 1. The van der Waals surface area contributed by atoms with E-state index in [0.717, 1.165) is 12.0 Å². The fourth-order valence-corrected chi connectivity index (χ4v) is 1.18. The third-order valence-electron chi connectivity index (χ3n) is 1.93. The Hall–Kier alpha value is -0.780. The smallest absolute Gasteiger partial charge is 0.319 e. The second kappa shape index (κ2) is 5.95. The molecule has 1 unspecified atom stereocenters. The van der Waals surface area contributed by atoms with Gasteiger partial charge in [0, 0.05) is 0 Å². The lowest BCUT2D eigenvalue weighted by molar-refractivity contribution is -0.143. The first-order valence-corrected chi connectivity index (χ1v) is 5.96. The molecule has 0 aromatic heterocycles. The van der Waals surface area contributed by atoms with E-state index in [2.05, 4.69) is 22.6 Å². The van der Waals surface area contributed by atoms with Crippen LogP contribution in [0.15, 0.2) is 24.3 Å². The van der Waals surface area contributed by atoms with Crippen molar-refractivity contribution in [3.05, 3.63) is 29.8 Å². The molecule has 1 rings (SSSR count). The molecule has 0 heterocycles. The molecule has 0 fully saturated rings.